The molecule has 0 saturated heterocycles. The van der Waals surface area contributed by atoms with Crippen LogP contribution < -0.4 is 0 Å². The number of carboxylic acids is 1. The van der Waals surface area contributed by atoms with E-state index in [4.69, 9.17) is 5.11 Å². The molecule has 5 heteroatoms. The average Bonchev–Trinajstić information content (AvgIpc) is 2.19. The molecule has 0 spiro atoms. The molecule has 2 rings (SSSR count). The highest BCUT2D eigenvalue weighted by atomic mass is 79.9. The number of rotatable bonds is 2. The molecule has 1 aromatic carbocycles. The second kappa shape index (κ2) is 3.94. The Hall–Kier alpha value is -1.49. The smallest absolute Gasteiger partial charge is 0.309 e. The van der Waals surface area contributed by atoms with Crippen LogP contribution in [0, 0.1) is 0 Å². The van der Waals surface area contributed by atoms with Crippen LogP contribution in [-0.2, 0) is 11.2 Å². The molecule has 1 aromatic heterocycles. The van der Waals surface area contributed by atoms with Crippen molar-refractivity contribution in [3.63, 3.8) is 0 Å². The van der Waals surface area contributed by atoms with Crippen molar-refractivity contribution in [1.82, 2.24) is 9.97 Å². The zero-order valence-electron chi connectivity index (χ0n) is 7.64. The Morgan fingerprint density at radius 2 is 2.20 bits per heavy atom. The van der Waals surface area contributed by atoms with Gasteiger partial charge in [-0.05, 0) is 22.0 Å². The lowest BCUT2D eigenvalue weighted by molar-refractivity contribution is -0.136. The number of hydrogen-bond acceptors (Lipinski definition) is 3. The van der Waals surface area contributed by atoms with Gasteiger partial charge in [-0.2, -0.15) is 0 Å². The van der Waals surface area contributed by atoms with Crippen molar-refractivity contribution in [2.45, 2.75) is 6.42 Å². The van der Waals surface area contributed by atoms with Gasteiger partial charge < -0.3 is 5.11 Å². The molecular formula is C10H7BrN2O2. The Balaban J connectivity index is 2.65. The molecule has 1 heterocycles. The summed E-state index contributed by atoms with van der Waals surface area (Å²) in [6.07, 6.45) is 1.29. The normalized spacial score (nSPS) is 10.5. The Morgan fingerprint density at radius 1 is 1.40 bits per heavy atom. The molecule has 76 valence electrons. The lowest BCUT2D eigenvalue weighted by Gasteiger charge is -2.03. The van der Waals surface area contributed by atoms with Gasteiger partial charge >= 0.3 is 5.97 Å². The van der Waals surface area contributed by atoms with E-state index in [1.807, 2.05) is 18.2 Å². The van der Waals surface area contributed by atoms with Crippen LogP contribution in [0.25, 0.3) is 10.9 Å². The quantitative estimate of drug-likeness (QED) is 0.904. The van der Waals surface area contributed by atoms with Crippen molar-refractivity contribution in [1.29, 1.82) is 0 Å². The largest absolute Gasteiger partial charge is 0.481 e. The van der Waals surface area contributed by atoms with Gasteiger partial charge in [-0.3, -0.25) is 4.79 Å². The summed E-state index contributed by atoms with van der Waals surface area (Å²) in [5, 5.41) is 9.50. The molecule has 0 amide bonds. The van der Waals surface area contributed by atoms with Gasteiger partial charge in [0.05, 0.1) is 17.6 Å². The minimum absolute atomic E-state index is 0.0878. The van der Waals surface area contributed by atoms with Gasteiger partial charge in [0.1, 0.15) is 6.33 Å². The maximum Gasteiger partial charge on any atom is 0.309 e. The molecule has 0 bridgehead atoms. The minimum atomic E-state index is -0.894. The third-order valence-corrected chi connectivity index (χ3v) is 2.66. The van der Waals surface area contributed by atoms with E-state index in [2.05, 4.69) is 25.9 Å². The van der Waals surface area contributed by atoms with Crippen LogP contribution in [0.5, 0.6) is 0 Å². The van der Waals surface area contributed by atoms with Gasteiger partial charge in [-0.15, -0.1) is 0 Å². The first-order valence-electron chi connectivity index (χ1n) is 4.28. The molecular weight excluding hydrogens is 260 g/mol. The topological polar surface area (TPSA) is 63.1 Å². The van der Waals surface area contributed by atoms with Crippen LogP contribution in [0.4, 0.5) is 0 Å². The molecule has 0 saturated carbocycles. The Bertz CT molecular complexity index is 528. The molecule has 1 N–H and O–H groups in total. The van der Waals surface area contributed by atoms with Crippen molar-refractivity contribution < 1.29 is 9.90 Å². The summed E-state index contributed by atoms with van der Waals surface area (Å²) < 4.78 is 0.842. The van der Waals surface area contributed by atoms with Gasteiger partial charge in [0.15, 0.2) is 0 Å². The first-order valence-corrected chi connectivity index (χ1v) is 5.07. The monoisotopic (exact) mass is 266 g/mol. The van der Waals surface area contributed by atoms with Gasteiger partial charge in [-0.25, -0.2) is 9.97 Å². The highest BCUT2D eigenvalue weighted by molar-refractivity contribution is 9.10. The molecule has 0 fully saturated rings. The summed E-state index contributed by atoms with van der Waals surface area (Å²) in [6.45, 7) is 0. The molecule has 0 atom stereocenters. The van der Waals surface area contributed by atoms with E-state index < -0.39 is 5.97 Å². The first kappa shape index (κ1) is 10.0. The lowest BCUT2D eigenvalue weighted by Crippen LogP contribution is -2.03. The van der Waals surface area contributed by atoms with Crippen molar-refractivity contribution >= 4 is 32.8 Å². The van der Waals surface area contributed by atoms with Crippen molar-refractivity contribution in [2.75, 3.05) is 0 Å². The zero-order valence-corrected chi connectivity index (χ0v) is 9.23. The predicted octanol–water partition coefficient (Wildman–Crippen LogP) is 2.02. The van der Waals surface area contributed by atoms with Crippen molar-refractivity contribution in [2.24, 2.45) is 0 Å². The third kappa shape index (κ3) is 1.97. The Morgan fingerprint density at radius 3 is 2.93 bits per heavy atom. The Kier molecular flexibility index (Phi) is 2.64. The van der Waals surface area contributed by atoms with E-state index in [0.29, 0.717) is 5.69 Å². The average molecular weight is 267 g/mol. The summed E-state index contributed by atoms with van der Waals surface area (Å²) in [4.78, 5) is 18.7. The Labute approximate surface area is 94.1 Å². The summed E-state index contributed by atoms with van der Waals surface area (Å²) in [7, 11) is 0. The second-order valence-electron chi connectivity index (χ2n) is 3.03. The molecule has 2 aromatic rings. The predicted molar refractivity (Wildman–Crippen MR) is 58.6 cm³/mol. The number of fused-ring (bicyclic) bond motifs is 1. The van der Waals surface area contributed by atoms with E-state index in [-0.39, 0.29) is 6.42 Å². The van der Waals surface area contributed by atoms with Crippen LogP contribution in [0.3, 0.4) is 0 Å². The summed E-state index contributed by atoms with van der Waals surface area (Å²) >= 11 is 3.36. The third-order valence-electron chi connectivity index (χ3n) is 2.02. The number of carbonyl (C=O) groups is 1. The van der Waals surface area contributed by atoms with E-state index >= 15 is 0 Å². The summed E-state index contributed by atoms with van der Waals surface area (Å²) in [6, 6.07) is 5.51. The number of hydrogen-bond donors (Lipinski definition) is 1. The van der Waals surface area contributed by atoms with Gasteiger partial charge in [0, 0.05) is 9.86 Å². The number of carboxylic acid groups (broad SMARTS) is 1. The van der Waals surface area contributed by atoms with Crippen molar-refractivity contribution in [3.8, 4) is 0 Å². The molecule has 0 unspecified atom stereocenters. The number of para-hydroxylation sites is 1. The van der Waals surface area contributed by atoms with Crippen LogP contribution in [-0.4, -0.2) is 21.0 Å². The van der Waals surface area contributed by atoms with Gasteiger partial charge in [0.2, 0.25) is 0 Å². The zero-order chi connectivity index (χ0) is 10.8. The second-order valence-corrected chi connectivity index (χ2v) is 3.88. The molecule has 0 radical (unpaired) electrons. The summed E-state index contributed by atoms with van der Waals surface area (Å²) in [5.74, 6) is -0.894. The highest BCUT2D eigenvalue weighted by Crippen LogP contribution is 2.23. The van der Waals surface area contributed by atoms with Crippen LogP contribution >= 0.6 is 15.9 Å². The summed E-state index contributed by atoms with van der Waals surface area (Å²) in [5.41, 5.74) is 1.28. The molecule has 15 heavy (non-hydrogen) atoms. The highest BCUT2D eigenvalue weighted by Gasteiger charge is 2.08. The fourth-order valence-corrected chi connectivity index (χ4v) is 1.86. The van der Waals surface area contributed by atoms with E-state index in [1.54, 1.807) is 0 Å². The first-order chi connectivity index (χ1) is 7.18. The maximum absolute atomic E-state index is 10.6. The lowest BCUT2D eigenvalue weighted by atomic mass is 10.1. The standard InChI is InChI=1S/C10H7BrN2O2/c11-7-3-1-2-6-8(4-9(14)15)12-5-13-10(6)7/h1-3,5H,4H2,(H,14,15). The number of benzene rings is 1. The number of halogens is 1. The molecule has 0 aliphatic rings. The fourth-order valence-electron chi connectivity index (χ4n) is 1.39. The maximum atomic E-state index is 10.6. The van der Waals surface area contributed by atoms with Crippen LogP contribution in [0.15, 0.2) is 29.0 Å². The van der Waals surface area contributed by atoms with Gasteiger partial charge in [-0.1, -0.05) is 12.1 Å². The van der Waals surface area contributed by atoms with E-state index in [1.165, 1.54) is 6.33 Å². The number of nitrogens with zero attached hydrogens (tertiary/aromatic N) is 2. The number of aliphatic carboxylic acids is 1. The van der Waals surface area contributed by atoms with E-state index in [0.717, 1.165) is 15.4 Å². The van der Waals surface area contributed by atoms with Crippen LogP contribution in [0.2, 0.25) is 0 Å². The number of aromatic nitrogens is 2. The molecule has 0 aliphatic heterocycles. The minimum Gasteiger partial charge on any atom is -0.481 e. The molecule has 4 nitrogen and oxygen atoms in total. The van der Waals surface area contributed by atoms with E-state index in [9.17, 15) is 4.79 Å². The molecule has 0 aliphatic carbocycles. The van der Waals surface area contributed by atoms with Crippen LogP contribution in [0.1, 0.15) is 5.69 Å². The fraction of sp³-hybridized carbons (Fsp3) is 0.100. The SMILES string of the molecule is O=C(O)Cc1ncnc2c(Br)cccc12. The van der Waals surface area contributed by atoms with Gasteiger partial charge in [0.25, 0.3) is 0 Å². The van der Waals surface area contributed by atoms with Crippen molar-refractivity contribution in [3.05, 3.63) is 34.7 Å².